The van der Waals surface area contributed by atoms with Crippen LogP contribution in [0.25, 0.3) is 0 Å². The molecule has 0 atom stereocenters. The van der Waals surface area contributed by atoms with Crippen LogP contribution in [0.3, 0.4) is 0 Å². The maximum atomic E-state index is 11.8. The molecule has 1 aromatic heterocycles. The predicted molar refractivity (Wildman–Crippen MR) is 104 cm³/mol. The van der Waals surface area contributed by atoms with E-state index in [9.17, 15) is 8.42 Å². The van der Waals surface area contributed by atoms with Gasteiger partial charge in [-0.3, -0.25) is 0 Å². The third-order valence-electron chi connectivity index (χ3n) is 4.48. The van der Waals surface area contributed by atoms with Gasteiger partial charge < -0.3 is 14.4 Å². The summed E-state index contributed by atoms with van der Waals surface area (Å²) < 4.78 is 34.8. The van der Waals surface area contributed by atoms with Crippen LogP contribution in [-0.2, 0) is 9.84 Å². The summed E-state index contributed by atoms with van der Waals surface area (Å²) in [6.07, 6.45) is 2.75. The van der Waals surface area contributed by atoms with Crippen molar-refractivity contribution < 1.29 is 17.9 Å². The second-order valence-electron chi connectivity index (χ2n) is 6.50. The molecule has 0 aliphatic carbocycles. The molecule has 0 bridgehead atoms. The van der Waals surface area contributed by atoms with Gasteiger partial charge in [-0.15, -0.1) is 0 Å². The predicted octanol–water partition coefficient (Wildman–Crippen LogP) is 2.90. The molecule has 1 aliphatic heterocycles. The molecule has 9 heteroatoms. The third-order valence-corrected chi connectivity index (χ3v) is 5.69. The van der Waals surface area contributed by atoms with E-state index in [4.69, 9.17) is 21.1 Å². The number of methoxy groups -OCH3 is 1. The number of ether oxygens (including phenoxy) is 2. The van der Waals surface area contributed by atoms with Crippen molar-refractivity contribution in [3.63, 3.8) is 0 Å². The van der Waals surface area contributed by atoms with Crippen molar-refractivity contribution in [3.05, 3.63) is 35.0 Å². The summed E-state index contributed by atoms with van der Waals surface area (Å²) in [4.78, 5) is 10.2. The maximum Gasteiger partial charge on any atom is 0.250 e. The summed E-state index contributed by atoms with van der Waals surface area (Å²) in [5.74, 6) is 2.16. The van der Waals surface area contributed by atoms with Crippen LogP contribution in [0.5, 0.6) is 11.5 Å². The van der Waals surface area contributed by atoms with Gasteiger partial charge in [-0.05, 0) is 31.2 Å². The van der Waals surface area contributed by atoms with E-state index in [1.165, 1.54) is 0 Å². The molecule has 1 aliphatic rings. The third kappa shape index (κ3) is 4.62. The number of halogens is 1. The minimum atomic E-state index is -3.53. The molecule has 3 rings (SSSR count). The smallest absolute Gasteiger partial charge is 0.250 e. The van der Waals surface area contributed by atoms with Gasteiger partial charge in [0.25, 0.3) is 0 Å². The molecule has 7 nitrogen and oxygen atoms in total. The second kappa shape index (κ2) is 7.90. The Morgan fingerprint density at radius 1 is 1.11 bits per heavy atom. The minimum absolute atomic E-state index is 0.0849. The number of hydrogen-bond donors (Lipinski definition) is 0. The zero-order valence-electron chi connectivity index (χ0n) is 15.5. The molecule has 1 aromatic carbocycles. The number of benzene rings is 1. The van der Waals surface area contributed by atoms with Crippen LogP contribution < -0.4 is 14.4 Å². The van der Waals surface area contributed by atoms with E-state index < -0.39 is 9.84 Å². The van der Waals surface area contributed by atoms with Crippen molar-refractivity contribution in [3.8, 4) is 11.5 Å². The second-order valence-corrected chi connectivity index (χ2v) is 8.77. The van der Waals surface area contributed by atoms with Crippen LogP contribution in [0, 0.1) is 6.92 Å². The molecular weight excluding hydrogens is 390 g/mol. The molecule has 2 aromatic rings. The average molecular weight is 412 g/mol. The number of hydrogen-bond acceptors (Lipinski definition) is 7. The van der Waals surface area contributed by atoms with E-state index in [0.717, 1.165) is 30.6 Å². The van der Waals surface area contributed by atoms with Crippen LogP contribution in [0.4, 0.5) is 5.82 Å². The number of piperidine rings is 1. The highest BCUT2D eigenvalue weighted by Gasteiger charge is 2.25. The summed E-state index contributed by atoms with van der Waals surface area (Å²) in [6.45, 7) is 3.18. The number of sulfone groups is 1. The van der Waals surface area contributed by atoms with Gasteiger partial charge >= 0.3 is 0 Å². The average Bonchev–Trinajstić information content (AvgIpc) is 2.64. The summed E-state index contributed by atoms with van der Waals surface area (Å²) in [7, 11) is -1.90. The normalized spacial score (nSPS) is 15.6. The summed E-state index contributed by atoms with van der Waals surface area (Å²) in [5.41, 5.74) is 0.679. The Kier molecular flexibility index (Phi) is 5.76. The summed E-state index contributed by atoms with van der Waals surface area (Å²) in [5, 5.41) is -0.0817. The fourth-order valence-electron chi connectivity index (χ4n) is 2.97. The topological polar surface area (TPSA) is 81.6 Å². The van der Waals surface area contributed by atoms with Crippen molar-refractivity contribution in [2.75, 3.05) is 31.4 Å². The van der Waals surface area contributed by atoms with Crippen LogP contribution in [0.2, 0.25) is 5.15 Å². The lowest BCUT2D eigenvalue weighted by atomic mass is 10.1. The Labute approximate surface area is 164 Å². The van der Waals surface area contributed by atoms with E-state index >= 15 is 0 Å². The highest BCUT2D eigenvalue weighted by atomic mass is 35.5. The van der Waals surface area contributed by atoms with Crippen LogP contribution in [0.1, 0.15) is 18.4 Å². The van der Waals surface area contributed by atoms with Crippen LogP contribution >= 0.6 is 11.6 Å². The first-order valence-corrected chi connectivity index (χ1v) is 10.8. The van der Waals surface area contributed by atoms with Gasteiger partial charge in [-0.1, -0.05) is 11.6 Å². The van der Waals surface area contributed by atoms with E-state index in [0.29, 0.717) is 24.5 Å². The number of nitrogens with zero attached hydrogens (tertiary/aromatic N) is 3. The number of rotatable bonds is 5. The van der Waals surface area contributed by atoms with Crippen molar-refractivity contribution in [1.29, 1.82) is 0 Å². The Morgan fingerprint density at radius 3 is 2.26 bits per heavy atom. The molecule has 0 unspecified atom stereocenters. The van der Waals surface area contributed by atoms with Crippen molar-refractivity contribution in [1.82, 2.24) is 9.97 Å². The van der Waals surface area contributed by atoms with Crippen molar-refractivity contribution in [2.45, 2.75) is 31.0 Å². The largest absolute Gasteiger partial charge is 0.497 e. The fraction of sp³-hybridized carbons (Fsp3) is 0.444. The van der Waals surface area contributed by atoms with E-state index in [2.05, 4.69) is 9.97 Å². The molecule has 2 heterocycles. The molecular formula is C18H22ClN3O4S. The van der Waals surface area contributed by atoms with Crippen LogP contribution in [0.15, 0.2) is 29.4 Å². The molecule has 146 valence electrons. The zero-order chi connectivity index (χ0) is 19.6. The maximum absolute atomic E-state index is 11.8. The molecule has 0 amide bonds. The van der Waals surface area contributed by atoms with Gasteiger partial charge in [0.1, 0.15) is 28.6 Å². The van der Waals surface area contributed by atoms with Gasteiger partial charge in [0, 0.05) is 37.8 Å². The molecule has 0 spiro atoms. The Bertz CT molecular complexity index is 911. The Morgan fingerprint density at radius 2 is 1.70 bits per heavy atom. The van der Waals surface area contributed by atoms with Crippen molar-refractivity contribution >= 4 is 27.3 Å². The first kappa shape index (κ1) is 19.7. The van der Waals surface area contributed by atoms with E-state index in [1.807, 2.05) is 29.2 Å². The first-order chi connectivity index (χ1) is 12.8. The number of anilines is 1. The monoisotopic (exact) mass is 411 g/mol. The fourth-order valence-corrected chi connectivity index (χ4v) is 3.69. The summed E-state index contributed by atoms with van der Waals surface area (Å²) >= 11 is 6.13. The van der Waals surface area contributed by atoms with Crippen LogP contribution in [-0.4, -0.2) is 50.9 Å². The molecule has 0 radical (unpaired) electrons. The lowest BCUT2D eigenvalue weighted by molar-refractivity contribution is 0.170. The SMILES string of the molecule is COc1ccc(OC2CCN(c3nc(S(C)(=O)=O)nc(Cl)c3C)CC2)cc1. The molecule has 1 saturated heterocycles. The quantitative estimate of drug-likeness (QED) is 0.552. The Hall–Kier alpha value is -2.06. The van der Waals surface area contributed by atoms with Gasteiger partial charge in [0.05, 0.1) is 7.11 Å². The lowest BCUT2D eigenvalue weighted by Gasteiger charge is -2.33. The molecule has 0 saturated carbocycles. The van der Waals surface area contributed by atoms with E-state index in [-0.39, 0.29) is 16.4 Å². The standard InChI is InChI=1S/C18H22ClN3O4S/c1-12-16(19)20-18(27(3,23)24)21-17(12)22-10-8-15(9-11-22)26-14-6-4-13(25-2)5-7-14/h4-7,15H,8-11H2,1-3H3. The lowest BCUT2D eigenvalue weighted by Crippen LogP contribution is -2.39. The molecule has 1 fully saturated rings. The number of aromatic nitrogens is 2. The van der Waals surface area contributed by atoms with Gasteiger partial charge in [0.15, 0.2) is 0 Å². The summed E-state index contributed by atoms with van der Waals surface area (Å²) in [6, 6.07) is 7.50. The van der Waals surface area contributed by atoms with Gasteiger partial charge in [-0.2, -0.15) is 0 Å². The molecule has 27 heavy (non-hydrogen) atoms. The van der Waals surface area contributed by atoms with Crippen molar-refractivity contribution in [2.24, 2.45) is 0 Å². The minimum Gasteiger partial charge on any atom is -0.497 e. The van der Waals surface area contributed by atoms with Gasteiger partial charge in [-0.25, -0.2) is 18.4 Å². The molecule has 0 N–H and O–H groups in total. The highest BCUT2D eigenvalue weighted by Crippen LogP contribution is 2.28. The zero-order valence-corrected chi connectivity index (χ0v) is 17.0. The van der Waals surface area contributed by atoms with E-state index in [1.54, 1.807) is 14.0 Å². The first-order valence-electron chi connectivity index (χ1n) is 8.58. The Balaban J connectivity index is 1.69. The van der Waals surface area contributed by atoms with Gasteiger partial charge in [0.2, 0.25) is 15.0 Å². The highest BCUT2D eigenvalue weighted by molar-refractivity contribution is 7.90.